The zero-order valence-corrected chi connectivity index (χ0v) is 23.6. The van der Waals surface area contributed by atoms with E-state index in [2.05, 4.69) is 5.10 Å². The van der Waals surface area contributed by atoms with Crippen LogP contribution in [0.5, 0.6) is 28.7 Å². The topological polar surface area (TPSA) is 91.5 Å². The fraction of sp³-hybridized carbons (Fsp3) is 0.0645. The molecule has 4 aromatic carbocycles. The minimum absolute atomic E-state index is 0.0820. The minimum Gasteiger partial charge on any atom is -0.504 e. The third-order valence-electron chi connectivity index (χ3n) is 6.59. The number of methoxy groups -OCH3 is 2. The van der Waals surface area contributed by atoms with Gasteiger partial charge in [-0.15, -0.1) is 22.7 Å². The standard InChI is InChI=1S/C31H22N4O4S2/c1-37-18-12-13-22(19(16-18)30-33-20-8-3-5-10-25(20)40-30)39-24-17-23(38-2)28(35-15-7-14-32-35)27(29(24)36)31-34-21-9-4-6-11-26(21)41-31/h3-17,36H,1-2H3. The first-order valence-corrected chi connectivity index (χ1v) is 14.3. The van der Waals surface area contributed by atoms with E-state index >= 15 is 0 Å². The van der Waals surface area contributed by atoms with Gasteiger partial charge in [0, 0.05) is 18.5 Å². The Labute approximate surface area is 242 Å². The maximum absolute atomic E-state index is 11.8. The average molecular weight is 579 g/mol. The van der Waals surface area contributed by atoms with Gasteiger partial charge in [-0.3, -0.25) is 0 Å². The number of ether oxygens (including phenoxy) is 3. The maximum Gasteiger partial charge on any atom is 0.173 e. The van der Waals surface area contributed by atoms with Crippen molar-refractivity contribution in [1.29, 1.82) is 0 Å². The van der Waals surface area contributed by atoms with Crippen LogP contribution in [0.4, 0.5) is 0 Å². The number of aromatic nitrogens is 4. The maximum atomic E-state index is 11.8. The van der Waals surface area contributed by atoms with Gasteiger partial charge in [0.2, 0.25) is 0 Å². The molecule has 0 aliphatic carbocycles. The Kier molecular flexibility index (Phi) is 6.26. The molecule has 3 heterocycles. The largest absolute Gasteiger partial charge is 0.504 e. The summed E-state index contributed by atoms with van der Waals surface area (Å²) in [6, 6.07) is 24.8. The summed E-state index contributed by atoms with van der Waals surface area (Å²) < 4.78 is 21.5. The van der Waals surface area contributed by atoms with Gasteiger partial charge in [0.05, 0.1) is 45.8 Å². The Bertz CT molecular complexity index is 1970. The van der Waals surface area contributed by atoms with Gasteiger partial charge < -0.3 is 19.3 Å². The second-order valence-corrected chi connectivity index (χ2v) is 11.1. The first-order chi connectivity index (χ1) is 20.1. The summed E-state index contributed by atoms with van der Waals surface area (Å²) in [5.41, 5.74) is 3.48. The molecule has 10 heteroatoms. The van der Waals surface area contributed by atoms with Crippen LogP contribution >= 0.6 is 22.7 Å². The number of phenols is 1. The Balaban J connectivity index is 1.42. The van der Waals surface area contributed by atoms with E-state index < -0.39 is 0 Å². The van der Waals surface area contributed by atoms with Crippen LogP contribution in [0.1, 0.15) is 0 Å². The molecule has 3 aromatic heterocycles. The van der Waals surface area contributed by atoms with Crippen molar-refractivity contribution in [2.45, 2.75) is 0 Å². The predicted molar refractivity (Wildman–Crippen MR) is 162 cm³/mol. The molecule has 202 valence electrons. The predicted octanol–water partition coefficient (Wildman–Crippen LogP) is 7.94. The summed E-state index contributed by atoms with van der Waals surface area (Å²) in [6.07, 6.45) is 3.47. The lowest BCUT2D eigenvalue weighted by Gasteiger charge is -2.18. The van der Waals surface area contributed by atoms with Gasteiger partial charge in [-0.05, 0) is 48.5 Å². The summed E-state index contributed by atoms with van der Waals surface area (Å²) >= 11 is 3.02. The molecular formula is C31H22N4O4S2. The second kappa shape index (κ2) is 10.2. The summed E-state index contributed by atoms with van der Waals surface area (Å²) in [5.74, 6) is 1.76. The van der Waals surface area contributed by atoms with Crippen molar-refractivity contribution in [1.82, 2.24) is 19.7 Å². The lowest BCUT2D eigenvalue weighted by Crippen LogP contribution is -2.03. The number of hydrogen-bond acceptors (Lipinski definition) is 9. The van der Waals surface area contributed by atoms with Gasteiger partial charge in [0.15, 0.2) is 11.5 Å². The number of fused-ring (bicyclic) bond motifs is 2. The smallest absolute Gasteiger partial charge is 0.173 e. The van der Waals surface area contributed by atoms with Gasteiger partial charge in [0.25, 0.3) is 0 Å². The SMILES string of the molecule is COc1ccc(Oc2cc(OC)c(-n3cccn3)c(-c3nc4ccccc4s3)c2O)c(-c2nc3ccccc3s2)c1. The van der Waals surface area contributed by atoms with Crippen molar-refractivity contribution in [3.63, 3.8) is 0 Å². The zero-order chi connectivity index (χ0) is 27.9. The molecular weight excluding hydrogens is 556 g/mol. The molecule has 0 amide bonds. The number of thiazole rings is 2. The molecule has 0 fully saturated rings. The molecule has 0 radical (unpaired) electrons. The van der Waals surface area contributed by atoms with Gasteiger partial charge in [0.1, 0.15) is 33.0 Å². The number of nitrogens with zero attached hydrogens (tertiary/aromatic N) is 4. The van der Waals surface area contributed by atoms with E-state index in [4.69, 9.17) is 24.2 Å². The summed E-state index contributed by atoms with van der Waals surface area (Å²) in [4.78, 5) is 9.66. The lowest BCUT2D eigenvalue weighted by atomic mass is 10.1. The van der Waals surface area contributed by atoms with Gasteiger partial charge in [-0.2, -0.15) is 5.10 Å². The van der Waals surface area contributed by atoms with Crippen molar-refractivity contribution in [3.05, 3.63) is 91.3 Å². The fourth-order valence-corrected chi connectivity index (χ4v) is 6.66. The van der Waals surface area contributed by atoms with Crippen LogP contribution in [0.3, 0.4) is 0 Å². The summed E-state index contributed by atoms with van der Waals surface area (Å²) in [5, 5.41) is 17.6. The highest BCUT2D eigenvalue weighted by Gasteiger charge is 2.26. The minimum atomic E-state index is -0.0820. The molecule has 7 aromatic rings. The number of para-hydroxylation sites is 2. The van der Waals surface area contributed by atoms with Crippen LogP contribution in [0.2, 0.25) is 0 Å². The molecule has 0 atom stereocenters. The van der Waals surface area contributed by atoms with E-state index in [-0.39, 0.29) is 11.5 Å². The number of benzene rings is 4. The Morgan fingerprint density at radius 1 is 0.732 bits per heavy atom. The van der Waals surface area contributed by atoms with Crippen LogP contribution in [0, 0.1) is 0 Å². The first kappa shape index (κ1) is 25.1. The van der Waals surface area contributed by atoms with Crippen molar-refractivity contribution < 1.29 is 19.3 Å². The van der Waals surface area contributed by atoms with E-state index in [1.807, 2.05) is 72.8 Å². The Hall–Kier alpha value is -4.93. The molecule has 8 nitrogen and oxygen atoms in total. The molecule has 0 saturated heterocycles. The molecule has 0 saturated carbocycles. The van der Waals surface area contributed by atoms with Crippen molar-refractivity contribution in [3.8, 4) is 55.6 Å². The van der Waals surface area contributed by atoms with E-state index in [0.29, 0.717) is 33.5 Å². The number of phenolic OH excluding ortho intramolecular Hbond substituents is 1. The van der Waals surface area contributed by atoms with Crippen LogP contribution < -0.4 is 14.2 Å². The van der Waals surface area contributed by atoms with Gasteiger partial charge >= 0.3 is 0 Å². The monoisotopic (exact) mass is 578 g/mol. The van der Waals surface area contributed by atoms with Crippen LogP contribution in [-0.2, 0) is 0 Å². The molecule has 0 bridgehead atoms. The van der Waals surface area contributed by atoms with E-state index in [0.717, 1.165) is 31.0 Å². The number of aromatic hydroxyl groups is 1. The number of rotatable bonds is 7. The molecule has 0 aliphatic rings. The average Bonchev–Trinajstić information content (AvgIpc) is 3.77. The third kappa shape index (κ3) is 4.43. The van der Waals surface area contributed by atoms with Crippen LogP contribution in [0.15, 0.2) is 91.3 Å². The summed E-state index contributed by atoms with van der Waals surface area (Å²) in [6.45, 7) is 0. The van der Waals surface area contributed by atoms with E-state index in [1.54, 1.807) is 48.7 Å². The van der Waals surface area contributed by atoms with Crippen LogP contribution in [-0.4, -0.2) is 39.1 Å². The van der Waals surface area contributed by atoms with Crippen molar-refractivity contribution in [2.75, 3.05) is 14.2 Å². The molecule has 0 aliphatic heterocycles. The van der Waals surface area contributed by atoms with Gasteiger partial charge in [-0.25, -0.2) is 14.6 Å². The third-order valence-corrected chi connectivity index (χ3v) is 8.72. The van der Waals surface area contributed by atoms with Crippen molar-refractivity contribution >= 4 is 43.1 Å². The van der Waals surface area contributed by atoms with E-state index in [1.165, 1.54) is 11.3 Å². The fourth-order valence-electron chi connectivity index (χ4n) is 4.66. The quantitative estimate of drug-likeness (QED) is 0.205. The first-order valence-electron chi connectivity index (χ1n) is 12.6. The highest BCUT2D eigenvalue weighted by molar-refractivity contribution is 7.22. The van der Waals surface area contributed by atoms with Crippen LogP contribution in [0.25, 0.3) is 47.3 Å². The zero-order valence-electron chi connectivity index (χ0n) is 21.9. The van der Waals surface area contributed by atoms with E-state index in [9.17, 15) is 5.11 Å². The summed E-state index contributed by atoms with van der Waals surface area (Å²) in [7, 11) is 3.19. The molecule has 0 spiro atoms. The Morgan fingerprint density at radius 3 is 2.10 bits per heavy atom. The normalized spacial score (nSPS) is 11.3. The molecule has 7 rings (SSSR count). The second-order valence-electron chi connectivity index (χ2n) is 9.04. The molecule has 1 N–H and O–H groups in total. The van der Waals surface area contributed by atoms with Crippen molar-refractivity contribution in [2.24, 2.45) is 0 Å². The van der Waals surface area contributed by atoms with Gasteiger partial charge in [-0.1, -0.05) is 24.3 Å². The lowest BCUT2D eigenvalue weighted by molar-refractivity contribution is 0.389. The molecule has 0 unspecified atom stereocenters. The number of hydrogen-bond donors (Lipinski definition) is 1. The highest BCUT2D eigenvalue weighted by Crippen LogP contribution is 2.50. The molecule has 41 heavy (non-hydrogen) atoms. The Morgan fingerprint density at radius 2 is 1.44 bits per heavy atom. The highest BCUT2D eigenvalue weighted by atomic mass is 32.1.